The Labute approximate surface area is 324 Å². The van der Waals surface area contributed by atoms with Crippen LogP contribution in [0.3, 0.4) is 0 Å². The summed E-state index contributed by atoms with van der Waals surface area (Å²) in [6, 6.07) is 73.2. The van der Waals surface area contributed by atoms with Crippen molar-refractivity contribution in [3.8, 4) is 56.4 Å². The SMILES string of the molecule is c1ccc(-c2cc(-c3ccc(-n4c5ccccc5c5ccc(-c6cccc7c6c6ccccc6n7-c6ccccc6)cc54)cc3)nc(-c3ccccc3)n2)cc1. The van der Waals surface area contributed by atoms with Crippen LogP contribution >= 0.6 is 0 Å². The Kier molecular flexibility index (Phi) is 7.46. The molecule has 0 unspecified atom stereocenters. The summed E-state index contributed by atoms with van der Waals surface area (Å²) in [4.78, 5) is 10.1. The van der Waals surface area contributed by atoms with Crippen molar-refractivity contribution in [3.05, 3.63) is 206 Å². The van der Waals surface area contributed by atoms with Gasteiger partial charge in [-0.1, -0.05) is 152 Å². The van der Waals surface area contributed by atoms with Crippen molar-refractivity contribution in [3.63, 3.8) is 0 Å². The molecule has 3 aromatic heterocycles. The molecule has 11 rings (SSSR count). The zero-order chi connectivity index (χ0) is 37.0. The molecule has 0 atom stereocenters. The van der Waals surface area contributed by atoms with E-state index in [1.54, 1.807) is 0 Å². The monoisotopic (exact) mass is 714 g/mol. The molecule has 0 fully saturated rings. The second-order valence-electron chi connectivity index (χ2n) is 14.2. The Morgan fingerprint density at radius 1 is 0.304 bits per heavy atom. The fourth-order valence-electron chi connectivity index (χ4n) is 8.38. The first kappa shape index (κ1) is 31.9. The highest BCUT2D eigenvalue weighted by Gasteiger charge is 2.19. The minimum atomic E-state index is 0.711. The Morgan fingerprint density at radius 2 is 0.804 bits per heavy atom. The van der Waals surface area contributed by atoms with Crippen LogP contribution in [0.4, 0.5) is 0 Å². The molecule has 0 spiro atoms. The van der Waals surface area contributed by atoms with Crippen molar-refractivity contribution in [2.45, 2.75) is 0 Å². The summed E-state index contributed by atoms with van der Waals surface area (Å²) >= 11 is 0. The molecule has 262 valence electrons. The maximum Gasteiger partial charge on any atom is 0.160 e. The van der Waals surface area contributed by atoms with Gasteiger partial charge in [0.25, 0.3) is 0 Å². The second kappa shape index (κ2) is 13.1. The van der Waals surface area contributed by atoms with Crippen molar-refractivity contribution >= 4 is 43.6 Å². The standard InChI is InChI=1S/C52H34N4/c1-4-15-35(16-5-1)45-34-46(54-52(53-45)37-17-6-2-7-18-37)36-27-30-40(31-28-36)56-47-24-12-10-21-42(47)43-32-29-38(33-50(43)56)41-23-14-26-49-51(41)44-22-11-13-25-48(44)55(49)39-19-8-3-9-20-39/h1-34H. The Bertz CT molecular complexity index is 3160. The maximum atomic E-state index is 5.08. The average molecular weight is 715 g/mol. The van der Waals surface area contributed by atoms with Gasteiger partial charge in [-0.05, 0) is 65.7 Å². The topological polar surface area (TPSA) is 35.6 Å². The molecule has 0 amide bonds. The van der Waals surface area contributed by atoms with Crippen LogP contribution in [0.1, 0.15) is 0 Å². The Balaban J connectivity index is 1.07. The molecule has 0 radical (unpaired) electrons. The number of hydrogen-bond donors (Lipinski definition) is 0. The molecule has 0 saturated carbocycles. The van der Waals surface area contributed by atoms with E-state index in [9.17, 15) is 0 Å². The summed E-state index contributed by atoms with van der Waals surface area (Å²) < 4.78 is 4.78. The van der Waals surface area contributed by atoms with Crippen LogP contribution in [0, 0.1) is 0 Å². The minimum Gasteiger partial charge on any atom is -0.309 e. The lowest BCUT2D eigenvalue weighted by Crippen LogP contribution is -1.97. The fraction of sp³-hybridized carbons (Fsp3) is 0. The van der Waals surface area contributed by atoms with Gasteiger partial charge in [-0.25, -0.2) is 9.97 Å². The van der Waals surface area contributed by atoms with E-state index in [0.717, 1.165) is 39.5 Å². The van der Waals surface area contributed by atoms with Gasteiger partial charge in [0.15, 0.2) is 5.82 Å². The molecule has 0 aliphatic heterocycles. The molecule has 0 bridgehead atoms. The van der Waals surface area contributed by atoms with Crippen LogP contribution in [-0.4, -0.2) is 19.1 Å². The van der Waals surface area contributed by atoms with Gasteiger partial charge in [-0.3, -0.25) is 0 Å². The van der Waals surface area contributed by atoms with Crippen LogP contribution in [0.25, 0.3) is 100 Å². The Morgan fingerprint density at radius 3 is 1.52 bits per heavy atom. The minimum absolute atomic E-state index is 0.711. The van der Waals surface area contributed by atoms with E-state index in [0.29, 0.717) is 5.82 Å². The van der Waals surface area contributed by atoms with Crippen LogP contribution in [0.5, 0.6) is 0 Å². The summed E-state index contributed by atoms with van der Waals surface area (Å²) in [6.07, 6.45) is 0. The van der Waals surface area contributed by atoms with Gasteiger partial charge < -0.3 is 9.13 Å². The molecule has 8 aromatic carbocycles. The number of rotatable bonds is 6. The van der Waals surface area contributed by atoms with Crippen molar-refractivity contribution in [2.24, 2.45) is 0 Å². The summed E-state index contributed by atoms with van der Waals surface area (Å²) in [5, 5.41) is 4.96. The van der Waals surface area contributed by atoms with Crippen molar-refractivity contribution in [2.75, 3.05) is 0 Å². The van der Waals surface area contributed by atoms with Gasteiger partial charge in [0, 0.05) is 49.6 Å². The molecule has 0 saturated heterocycles. The zero-order valence-electron chi connectivity index (χ0n) is 30.4. The van der Waals surface area contributed by atoms with Crippen LogP contribution in [0.15, 0.2) is 206 Å². The molecule has 3 heterocycles. The van der Waals surface area contributed by atoms with E-state index in [1.807, 2.05) is 24.3 Å². The lowest BCUT2D eigenvalue weighted by molar-refractivity contribution is 1.17. The highest BCUT2D eigenvalue weighted by molar-refractivity contribution is 6.17. The largest absolute Gasteiger partial charge is 0.309 e. The van der Waals surface area contributed by atoms with Gasteiger partial charge in [-0.15, -0.1) is 0 Å². The third-order valence-corrected chi connectivity index (χ3v) is 10.9. The van der Waals surface area contributed by atoms with Gasteiger partial charge in [-0.2, -0.15) is 0 Å². The number of nitrogens with zero attached hydrogens (tertiary/aromatic N) is 4. The number of benzene rings is 8. The predicted molar refractivity (Wildman–Crippen MR) is 232 cm³/mol. The highest BCUT2D eigenvalue weighted by atomic mass is 15.0. The number of para-hydroxylation sites is 3. The first-order chi connectivity index (χ1) is 27.8. The molecule has 4 heteroatoms. The molecular weight excluding hydrogens is 681 g/mol. The van der Waals surface area contributed by atoms with E-state index < -0.39 is 0 Å². The van der Waals surface area contributed by atoms with E-state index in [4.69, 9.17) is 9.97 Å². The third kappa shape index (κ3) is 5.23. The van der Waals surface area contributed by atoms with Crippen LogP contribution in [-0.2, 0) is 0 Å². The highest BCUT2D eigenvalue weighted by Crippen LogP contribution is 2.41. The summed E-state index contributed by atoms with van der Waals surface area (Å²) in [5.41, 5.74) is 14.3. The van der Waals surface area contributed by atoms with Crippen LogP contribution < -0.4 is 0 Å². The van der Waals surface area contributed by atoms with E-state index in [2.05, 4.69) is 191 Å². The maximum absolute atomic E-state index is 5.08. The Hall–Kier alpha value is -7.56. The molecule has 0 N–H and O–H groups in total. The first-order valence-electron chi connectivity index (χ1n) is 19.0. The zero-order valence-corrected chi connectivity index (χ0v) is 30.4. The first-order valence-corrected chi connectivity index (χ1v) is 19.0. The predicted octanol–water partition coefficient (Wildman–Crippen LogP) is 13.3. The molecule has 11 aromatic rings. The molecule has 4 nitrogen and oxygen atoms in total. The van der Waals surface area contributed by atoms with Gasteiger partial charge in [0.2, 0.25) is 0 Å². The summed E-state index contributed by atoms with van der Waals surface area (Å²) in [5.74, 6) is 0.711. The number of fused-ring (bicyclic) bond motifs is 6. The van der Waals surface area contributed by atoms with Gasteiger partial charge in [0.1, 0.15) is 0 Å². The molecule has 56 heavy (non-hydrogen) atoms. The number of hydrogen-bond acceptors (Lipinski definition) is 2. The van der Waals surface area contributed by atoms with Crippen LogP contribution in [0.2, 0.25) is 0 Å². The van der Waals surface area contributed by atoms with E-state index in [-0.39, 0.29) is 0 Å². The molecule has 0 aliphatic rings. The van der Waals surface area contributed by atoms with Crippen molar-refractivity contribution in [1.29, 1.82) is 0 Å². The van der Waals surface area contributed by atoms with Gasteiger partial charge >= 0.3 is 0 Å². The normalized spacial score (nSPS) is 11.6. The van der Waals surface area contributed by atoms with Crippen molar-refractivity contribution in [1.82, 2.24) is 19.1 Å². The smallest absolute Gasteiger partial charge is 0.160 e. The molecule has 0 aliphatic carbocycles. The summed E-state index contributed by atoms with van der Waals surface area (Å²) in [6.45, 7) is 0. The van der Waals surface area contributed by atoms with E-state index in [1.165, 1.54) is 54.7 Å². The second-order valence-corrected chi connectivity index (χ2v) is 14.2. The average Bonchev–Trinajstić information content (AvgIpc) is 3.80. The summed E-state index contributed by atoms with van der Waals surface area (Å²) in [7, 11) is 0. The fourth-order valence-corrected chi connectivity index (χ4v) is 8.38. The van der Waals surface area contributed by atoms with Gasteiger partial charge in [0.05, 0.1) is 33.5 Å². The number of aromatic nitrogens is 4. The van der Waals surface area contributed by atoms with Crippen molar-refractivity contribution < 1.29 is 0 Å². The molecular formula is C52H34N4. The lowest BCUT2D eigenvalue weighted by atomic mass is 9.98. The quantitative estimate of drug-likeness (QED) is 0.172. The van der Waals surface area contributed by atoms with E-state index >= 15 is 0 Å². The lowest BCUT2D eigenvalue weighted by Gasteiger charge is -2.12. The third-order valence-electron chi connectivity index (χ3n) is 10.9.